The van der Waals surface area contributed by atoms with Gasteiger partial charge in [0.15, 0.2) is 5.58 Å². The number of nitrogens with zero attached hydrogens (tertiary/aromatic N) is 2. The Bertz CT molecular complexity index is 1850. The van der Waals surface area contributed by atoms with Crippen LogP contribution in [0.3, 0.4) is 0 Å². The molecule has 0 radical (unpaired) electrons. The third kappa shape index (κ3) is 3.25. The Kier molecular flexibility index (Phi) is 4.61. The molecule has 5 heteroatoms. The lowest BCUT2D eigenvalue weighted by atomic mass is 10.1. The third-order valence-electron chi connectivity index (χ3n) is 6.50. The van der Waals surface area contributed by atoms with E-state index in [-0.39, 0.29) is 5.82 Å². The van der Waals surface area contributed by atoms with Gasteiger partial charge in [0.25, 0.3) is 0 Å². The number of aromatic nitrogens is 2. The van der Waals surface area contributed by atoms with E-state index in [2.05, 4.69) is 10.3 Å². The van der Waals surface area contributed by atoms with Gasteiger partial charge in [0.05, 0.1) is 22.4 Å². The van der Waals surface area contributed by atoms with E-state index in [4.69, 9.17) is 4.42 Å². The van der Waals surface area contributed by atoms with Gasteiger partial charge in [-0.15, -0.1) is 0 Å². The summed E-state index contributed by atoms with van der Waals surface area (Å²) in [6.07, 6.45) is 0. The van der Waals surface area contributed by atoms with Crippen LogP contribution in [-0.4, -0.2) is 9.55 Å². The fourth-order valence-corrected chi connectivity index (χ4v) is 4.85. The highest BCUT2D eigenvalue weighted by Gasteiger charge is 2.17. The summed E-state index contributed by atoms with van der Waals surface area (Å²) in [7, 11) is 0. The number of nitrogens with one attached hydrogen (secondary N) is 1. The lowest BCUT2D eigenvalue weighted by Crippen LogP contribution is -2.01. The van der Waals surface area contributed by atoms with Crippen molar-refractivity contribution >= 4 is 44.3 Å². The zero-order chi connectivity index (χ0) is 24.1. The third-order valence-corrected chi connectivity index (χ3v) is 6.50. The Morgan fingerprint density at radius 2 is 1.44 bits per heavy atom. The van der Waals surface area contributed by atoms with E-state index >= 15 is 4.39 Å². The first-order chi connectivity index (χ1) is 17.8. The molecular formula is C31H20FN3O. The van der Waals surface area contributed by atoms with Crippen LogP contribution < -0.4 is 5.32 Å². The molecule has 36 heavy (non-hydrogen) atoms. The summed E-state index contributed by atoms with van der Waals surface area (Å²) in [5, 5.41) is 5.43. The van der Waals surface area contributed by atoms with Gasteiger partial charge < -0.3 is 14.3 Å². The number of para-hydroxylation sites is 6. The Morgan fingerprint density at radius 1 is 0.694 bits per heavy atom. The van der Waals surface area contributed by atoms with Gasteiger partial charge in [0.2, 0.25) is 5.89 Å². The van der Waals surface area contributed by atoms with Crippen LogP contribution in [0.15, 0.2) is 120 Å². The van der Waals surface area contributed by atoms with Gasteiger partial charge in [-0.2, -0.15) is 0 Å². The number of halogens is 1. The van der Waals surface area contributed by atoms with Crippen molar-refractivity contribution < 1.29 is 8.81 Å². The molecule has 2 heterocycles. The van der Waals surface area contributed by atoms with Gasteiger partial charge in [-0.05, 0) is 60.7 Å². The summed E-state index contributed by atoms with van der Waals surface area (Å²) in [6, 6.07) is 36.9. The standard InChI is InChI=1S/C31H20FN3O/c32-24-10-7-9-23-22-8-1-4-13-27(22)35(30(23)24)28-14-5-2-11-25(28)33-21-18-16-20(17-19-21)31-34-26-12-3-6-15-29(26)36-31/h1-19,33H. The second-order valence-corrected chi connectivity index (χ2v) is 8.69. The molecule has 5 aromatic carbocycles. The lowest BCUT2D eigenvalue weighted by molar-refractivity contribution is 0.620. The zero-order valence-electron chi connectivity index (χ0n) is 19.2. The predicted octanol–water partition coefficient (Wildman–Crippen LogP) is 8.47. The number of rotatable bonds is 4. The normalized spacial score (nSPS) is 11.5. The molecule has 4 nitrogen and oxygen atoms in total. The highest BCUT2D eigenvalue weighted by Crippen LogP contribution is 2.36. The molecule has 7 rings (SSSR count). The van der Waals surface area contributed by atoms with Crippen molar-refractivity contribution in [3.63, 3.8) is 0 Å². The number of benzene rings is 5. The average Bonchev–Trinajstić information content (AvgIpc) is 3.50. The van der Waals surface area contributed by atoms with Gasteiger partial charge in [0, 0.05) is 22.0 Å². The van der Waals surface area contributed by atoms with Gasteiger partial charge in [-0.1, -0.05) is 54.6 Å². The maximum Gasteiger partial charge on any atom is 0.227 e. The maximum atomic E-state index is 15.2. The van der Waals surface area contributed by atoms with Crippen molar-refractivity contribution in [2.45, 2.75) is 0 Å². The molecule has 0 aliphatic carbocycles. The summed E-state index contributed by atoms with van der Waals surface area (Å²) in [5.41, 5.74) is 6.68. The van der Waals surface area contributed by atoms with E-state index < -0.39 is 0 Å². The fraction of sp³-hybridized carbons (Fsp3) is 0. The van der Waals surface area contributed by atoms with Crippen molar-refractivity contribution in [2.75, 3.05) is 5.32 Å². The van der Waals surface area contributed by atoms with Gasteiger partial charge in [0.1, 0.15) is 11.3 Å². The molecule has 1 N–H and O–H groups in total. The van der Waals surface area contributed by atoms with Crippen LogP contribution in [0.4, 0.5) is 15.8 Å². The number of oxazole rings is 1. The van der Waals surface area contributed by atoms with E-state index in [0.717, 1.165) is 50.0 Å². The summed E-state index contributed by atoms with van der Waals surface area (Å²) >= 11 is 0. The average molecular weight is 470 g/mol. The molecule has 172 valence electrons. The second kappa shape index (κ2) is 8.10. The molecule has 7 aromatic rings. The first-order valence-electron chi connectivity index (χ1n) is 11.8. The molecule has 0 saturated carbocycles. The molecule has 0 bridgehead atoms. The smallest absolute Gasteiger partial charge is 0.227 e. The summed E-state index contributed by atoms with van der Waals surface area (Å²) in [4.78, 5) is 4.58. The molecule has 0 atom stereocenters. The van der Waals surface area contributed by atoms with Crippen LogP contribution in [0.2, 0.25) is 0 Å². The number of fused-ring (bicyclic) bond motifs is 4. The largest absolute Gasteiger partial charge is 0.436 e. The molecule has 0 amide bonds. The van der Waals surface area contributed by atoms with Gasteiger partial charge in [-0.25, -0.2) is 9.37 Å². The predicted molar refractivity (Wildman–Crippen MR) is 143 cm³/mol. The van der Waals surface area contributed by atoms with Crippen LogP contribution in [0.5, 0.6) is 0 Å². The van der Waals surface area contributed by atoms with E-state index in [1.165, 1.54) is 6.07 Å². The van der Waals surface area contributed by atoms with Crippen LogP contribution in [-0.2, 0) is 0 Å². The van der Waals surface area contributed by atoms with Crippen LogP contribution >= 0.6 is 0 Å². The first-order valence-corrected chi connectivity index (χ1v) is 11.8. The molecule has 0 fully saturated rings. The van der Waals surface area contributed by atoms with E-state index in [0.29, 0.717) is 11.4 Å². The highest BCUT2D eigenvalue weighted by molar-refractivity contribution is 6.09. The molecule has 0 saturated heterocycles. The van der Waals surface area contributed by atoms with Crippen molar-refractivity contribution in [2.24, 2.45) is 0 Å². The van der Waals surface area contributed by atoms with Gasteiger partial charge in [-0.3, -0.25) is 0 Å². The van der Waals surface area contributed by atoms with E-state index in [1.807, 2.05) is 108 Å². The molecule has 0 spiro atoms. The Morgan fingerprint density at radius 3 is 2.33 bits per heavy atom. The molecule has 0 aliphatic heterocycles. The summed E-state index contributed by atoms with van der Waals surface area (Å²) < 4.78 is 23.1. The quantitative estimate of drug-likeness (QED) is 0.281. The number of hydrogen-bond donors (Lipinski definition) is 1. The molecule has 0 aliphatic rings. The minimum Gasteiger partial charge on any atom is -0.436 e. The topological polar surface area (TPSA) is 43.0 Å². The van der Waals surface area contributed by atoms with Crippen molar-refractivity contribution in [1.82, 2.24) is 9.55 Å². The fourth-order valence-electron chi connectivity index (χ4n) is 4.85. The van der Waals surface area contributed by atoms with Crippen LogP contribution in [0, 0.1) is 5.82 Å². The Hall–Kier alpha value is -4.90. The Balaban J connectivity index is 1.30. The monoisotopic (exact) mass is 469 g/mol. The van der Waals surface area contributed by atoms with E-state index in [9.17, 15) is 0 Å². The lowest BCUT2D eigenvalue weighted by Gasteiger charge is -2.15. The second-order valence-electron chi connectivity index (χ2n) is 8.69. The zero-order valence-corrected chi connectivity index (χ0v) is 19.2. The van der Waals surface area contributed by atoms with Crippen molar-refractivity contribution in [3.8, 4) is 17.1 Å². The number of anilines is 2. The van der Waals surface area contributed by atoms with Crippen LogP contribution in [0.25, 0.3) is 50.0 Å². The van der Waals surface area contributed by atoms with Gasteiger partial charge >= 0.3 is 0 Å². The summed E-state index contributed by atoms with van der Waals surface area (Å²) in [5.74, 6) is 0.338. The Labute approximate surface area is 206 Å². The molecule has 0 unspecified atom stereocenters. The van der Waals surface area contributed by atoms with Crippen molar-refractivity contribution in [3.05, 3.63) is 121 Å². The first kappa shape index (κ1) is 20.5. The summed E-state index contributed by atoms with van der Waals surface area (Å²) in [6.45, 7) is 0. The number of hydrogen-bond acceptors (Lipinski definition) is 3. The van der Waals surface area contributed by atoms with E-state index in [1.54, 1.807) is 6.07 Å². The molecule has 2 aromatic heterocycles. The SMILES string of the molecule is Fc1cccc2c3ccccc3n(-c3ccccc3Nc3ccc(-c4nc5ccccc5o4)cc3)c12. The highest BCUT2D eigenvalue weighted by atomic mass is 19.1. The minimum absolute atomic E-state index is 0.249. The minimum atomic E-state index is -0.249. The van der Waals surface area contributed by atoms with Crippen molar-refractivity contribution in [1.29, 1.82) is 0 Å². The van der Waals surface area contributed by atoms with Crippen LogP contribution in [0.1, 0.15) is 0 Å². The maximum absolute atomic E-state index is 15.2. The molecular weight excluding hydrogens is 449 g/mol.